The number of halogens is 6. The second-order valence-electron chi connectivity index (χ2n) is 9.62. The minimum absolute atomic E-state index is 0. The van der Waals surface area contributed by atoms with Gasteiger partial charge in [-0.2, -0.15) is 0 Å². The van der Waals surface area contributed by atoms with Crippen molar-refractivity contribution in [3.05, 3.63) is 87.8 Å². The molecule has 41 heavy (non-hydrogen) atoms. The Kier molecular flexibility index (Phi) is 9.16. The molecule has 0 radical (unpaired) electrons. The summed E-state index contributed by atoms with van der Waals surface area (Å²) in [6.07, 6.45) is -3.06. The monoisotopic (exact) mass is 627 g/mol. The number of alkyl halides is 3. The molecule has 1 aliphatic heterocycles. The number of carbonyl (C=O) groups is 1. The second-order valence-corrected chi connectivity index (χ2v) is 10.5. The van der Waals surface area contributed by atoms with E-state index in [1.54, 1.807) is 41.8 Å². The van der Waals surface area contributed by atoms with Crippen LogP contribution in [0.1, 0.15) is 28.7 Å². The summed E-state index contributed by atoms with van der Waals surface area (Å²) in [6, 6.07) is 15.2. The number of nitrogens with zero attached hydrogens (tertiary/aromatic N) is 4. The fourth-order valence-electron chi connectivity index (χ4n) is 4.99. The van der Waals surface area contributed by atoms with Crippen molar-refractivity contribution in [2.45, 2.75) is 32.8 Å². The van der Waals surface area contributed by atoms with Crippen molar-refractivity contribution in [1.82, 2.24) is 14.7 Å². The van der Waals surface area contributed by atoms with Gasteiger partial charge in [-0.1, -0.05) is 29.3 Å². The Morgan fingerprint density at radius 3 is 2.49 bits per heavy atom. The highest BCUT2D eigenvalue weighted by molar-refractivity contribution is 6.33. The number of rotatable bonds is 6. The van der Waals surface area contributed by atoms with Crippen molar-refractivity contribution < 1.29 is 22.7 Å². The number of hydrogen-bond acceptors (Lipinski definition) is 5. The zero-order chi connectivity index (χ0) is 28.6. The highest BCUT2D eigenvalue weighted by atomic mass is 35.5. The van der Waals surface area contributed by atoms with Crippen LogP contribution in [-0.2, 0) is 6.54 Å². The minimum Gasteiger partial charge on any atom is -0.406 e. The Bertz CT molecular complexity index is 1550. The van der Waals surface area contributed by atoms with Gasteiger partial charge in [0.15, 0.2) is 0 Å². The maximum Gasteiger partial charge on any atom is 0.573 e. The molecule has 2 aromatic carbocycles. The standard InChI is InChI=1S/C28H26Cl2F3N5O2.ClH/c1-17-15-36(11-12-37(17)21-5-7-22(8-6-21)40-28(31,32)33)24-9-3-19(13-23(24)30)14-34-27(39)26-18(2)35-25-10-4-20(29)16-38(25)26;/h3-10,13,16-17H,11-12,14-15H2,1-2H3,(H,34,39);1H/t17-;/m0./s1. The van der Waals surface area contributed by atoms with Gasteiger partial charge >= 0.3 is 6.36 Å². The van der Waals surface area contributed by atoms with Crippen molar-refractivity contribution in [3.8, 4) is 5.75 Å². The zero-order valence-electron chi connectivity index (χ0n) is 22.1. The van der Waals surface area contributed by atoms with Crippen LogP contribution in [0, 0.1) is 6.92 Å². The summed E-state index contributed by atoms with van der Waals surface area (Å²) < 4.78 is 43.0. The SMILES string of the molecule is Cc1nc2ccc(Cl)cn2c1C(=O)NCc1ccc(N2CCN(c3ccc(OC(F)(F)F)cc3)[C@@H](C)C2)c(Cl)c1.Cl. The maximum atomic E-state index is 13.0. The molecule has 1 atom stereocenters. The Labute approximate surface area is 251 Å². The topological polar surface area (TPSA) is 62.1 Å². The molecule has 2 aromatic heterocycles. The lowest BCUT2D eigenvalue weighted by molar-refractivity contribution is -0.274. The van der Waals surface area contributed by atoms with E-state index in [1.807, 2.05) is 18.2 Å². The van der Waals surface area contributed by atoms with E-state index in [0.29, 0.717) is 46.7 Å². The molecule has 1 amide bonds. The van der Waals surface area contributed by atoms with E-state index in [-0.39, 0.29) is 36.7 Å². The van der Waals surface area contributed by atoms with E-state index >= 15 is 0 Å². The van der Waals surface area contributed by atoms with Crippen LogP contribution in [0.15, 0.2) is 60.8 Å². The van der Waals surface area contributed by atoms with Crippen LogP contribution >= 0.6 is 35.6 Å². The smallest absolute Gasteiger partial charge is 0.406 e. The number of nitrogens with one attached hydrogen (secondary N) is 1. The van der Waals surface area contributed by atoms with Crippen LogP contribution in [0.25, 0.3) is 5.65 Å². The lowest BCUT2D eigenvalue weighted by Crippen LogP contribution is -2.52. The molecule has 13 heteroatoms. The Morgan fingerprint density at radius 2 is 1.83 bits per heavy atom. The van der Waals surface area contributed by atoms with Gasteiger partial charge < -0.3 is 19.9 Å². The van der Waals surface area contributed by atoms with Crippen LogP contribution in [0.3, 0.4) is 0 Å². The van der Waals surface area contributed by atoms with Gasteiger partial charge in [-0.05, 0) is 67.9 Å². The molecule has 3 heterocycles. The molecule has 1 fully saturated rings. The number of imidazole rings is 1. The first-order valence-corrected chi connectivity index (χ1v) is 13.3. The van der Waals surface area contributed by atoms with E-state index < -0.39 is 6.36 Å². The first-order chi connectivity index (χ1) is 19.0. The fourth-order valence-corrected chi connectivity index (χ4v) is 5.48. The summed E-state index contributed by atoms with van der Waals surface area (Å²) in [7, 11) is 0. The predicted molar refractivity (Wildman–Crippen MR) is 157 cm³/mol. The summed E-state index contributed by atoms with van der Waals surface area (Å²) in [5, 5.41) is 4.01. The molecule has 1 saturated heterocycles. The molecule has 5 rings (SSSR count). The van der Waals surface area contributed by atoms with Crippen LogP contribution in [0.2, 0.25) is 10.0 Å². The van der Waals surface area contributed by atoms with Crippen LogP contribution in [0.4, 0.5) is 24.5 Å². The lowest BCUT2D eigenvalue weighted by atomic mass is 10.1. The molecule has 0 aliphatic carbocycles. The summed E-state index contributed by atoms with van der Waals surface area (Å²) in [4.78, 5) is 21.7. The number of aromatic nitrogens is 2. The molecule has 218 valence electrons. The van der Waals surface area contributed by atoms with E-state index in [1.165, 1.54) is 12.1 Å². The molecule has 0 bridgehead atoms. The number of ether oxygens (including phenoxy) is 1. The number of benzene rings is 2. The summed E-state index contributed by atoms with van der Waals surface area (Å²) in [5.74, 6) is -0.515. The fraction of sp³-hybridized carbons (Fsp3) is 0.286. The predicted octanol–water partition coefficient (Wildman–Crippen LogP) is 6.92. The first kappa shape index (κ1) is 30.6. The Morgan fingerprint density at radius 1 is 1.10 bits per heavy atom. The molecule has 0 unspecified atom stereocenters. The number of aryl methyl sites for hydroxylation is 1. The van der Waals surface area contributed by atoms with Gasteiger partial charge in [-0.15, -0.1) is 25.6 Å². The third kappa shape index (κ3) is 6.94. The largest absolute Gasteiger partial charge is 0.573 e. The van der Waals surface area contributed by atoms with Crippen LogP contribution < -0.4 is 19.9 Å². The number of carbonyl (C=O) groups excluding carboxylic acids is 1. The van der Waals surface area contributed by atoms with Crippen molar-refractivity contribution in [2.24, 2.45) is 0 Å². The summed E-state index contributed by atoms with van der Waals surface area (Å²) in [5.41, 5.74) is 4.22. The number of pyridine rings is 1. The van der Waals surface area contributed by atoms with Crippen LogP contribution in [-0.4, -0.2) is 47.3 Å². The third-order valence-electron chi connectivity index (χ3n) is 6.81. The lowest BCUT2D eigenvalue weighted by Gasteiger charge is -2.42. The second kappa shape index (κ2) is 12.3. The van der Waals surface area contributed by atoms with E-state index in [2.05, 4.69) is 31.8 Å². The Hall–Kier alpha value is -3.34. The average Bonchev–Trinajstić information content (AvgIpc) is 3.22. The van der Waals surface area contributed by atoms with Gasteiger partial charge in [0.25, 0.3) is 5.91 Å². The van der Waals surface area contributed by atoms with Gasteiger partial charge in [0.05, 0.1) is 21.4 Å². The van der Waals surface area contributed by atoms with Gasteiger partial charge in [0.1, 0.15) is 17.1 Å². The van der Waals surface area contributed by atoms with E-state index in [9.17, 15) is 18.0 Å². The zero-order valence-corrected chi connectivity index (χ0v) is 24.4. The molecule has 1 N–H and O–H groups in total. The summed E-state index contributed by atoms with van der Waals surface area (Å²) in [6.45, 7) is 6.13. The number of amides is 1. The van der Waals surface area contributed by atoms with Gasteiger partial charge in [-0.3, -0.25) is 9.20 Å². The average molecular weight is 629 g/mol. The Balaban J connectivity index is 0.00000387. The number of hydrogen-bond donors (Lipinski definition) is 1. The van der Waals surface area contributed by atoms with E-state index in [4.69, 9.17) is 23.2 Å². The maximum absolute atomic E-state index is 13.0. The molecule has 0 spiro atoms. The summed E-state index contributed by atoms with van der Waals surface area (Å²) >= 11 is 12.8. The molecular weight excluding hydrogens is 602 g/mol. The molecular formula is C28H27Cl3F3N5O2. The van der Waals surface area contributed by atoms with Crippen LogP contribution in [0.5, 0.6) is 5.75 Å². The van der Waals surface area contributed by atoms with Crippen molar-refractivity contribution in [1.29, 1.82) is 0 Å². The highest BCUT2D eigenvalue weighted by Crippen LogP contribution is 2.32. The molecule has 4 aromatic rings. The normalized spacial score (nSPS) is 15.5. The van der Waals surface area contributed by atoms with Gasteiger partial charge in [0.2, 0.25) is 0 Å². The van der Waals surface area contributed by atoms with Crippen molar-refractivity contribution >= 4 is 58.5 Å². The number of anilines is 2. The number of piperazine rings is 1. The van der Waals surface area contributed by atoms with Gasteiger partial charge in [-0.25, -0.2) is 4.98 Å². The molecule has 0 saturated carbocycles. The molecule has 1 aliphatic rings. The first-order valence-electron chi connectivity index (χ1n) is 12.6. The highest BCUT2D eigenvalue weighted by Gasteiger charge is 2.31. The molecule has 7 nitrogen and oxygen atoms in total. The van der Waals surface area contributed by atoms with Crippen molar-refractivity contribution in [3.63, 3.8) is 0 Å². The third-order valence-corrected chi connectivity index (χ3v) is 7.33. The minimum atomic E-state index is -4.72. The van der Waals surface area contributed by atoms with E-state index in [0.717, 1.165) is 16.9 Å². The number of fused-ring (bicyclic) bond motifs is 1. The quantitative estimate of drug-likeness (QED) is 0.251. The van der Waals surface area contributed by atoms with Gasteiger partial charge in [0, 0.05) is 44.1 Å². The van der Waals surface area contributed by atoms with Crippen molar-refractivity contribution in [2.75, 3.05) is 29.4 Å².